The molecule has 14 heteroatoms. The summed E-state index contributed by atoms with van der Waals surface area (Å²) in [5, 5.41) is 25.8. The topological polar surface area (TPSA) is 201 Å². The van der Waals surface area contributed by atoms with Gasteiger partial charge in [-0.25, -0.2) is 9.59 Å². The number of carboxylic acids is 2. The number of benzene rings is 1. The standard InChI is InChI=1S/C27H38N4O10/c1-27(40-2,30-21(32)13-14-22(33)34)25(38)29-19(23(35)31-16-8-12-20(31)24(36)37)11-6-7-15-28-26(39)41-17-18-9-4-3-5-10-18/h3-5,9-10,19-20H,6-8,11-17H2,1-2H3,(H,28,39)(H,29,38)(H,30,32)(H,33,34)(H,36,37)/t19-,20-,27+/m0/s1. The predicted molar refractivity (Wildman–Crippen MR) is 143 cm³/mol. The molecule has 14 nitrogen and oxygen atoms in total. The van der Waals surface area contributed by atoms with Crippen LogP contribution in [0.1, 0.15) is 57.4 Å². The molecule has 0 aromatic heterocycles. The zero-order chi connectivity index (χ0) is 30.4. The molecular formula is C27H38N4O10. The number of carboxylic acid groups (broad SMARTS) is 2. The molecule has 1 aromatic carbocycles. The van der Waals surface area contributed by atoms with Crippen molar-refractivity contribution in [3.05, 3.63) is 35.9 Å². The Morgan fingerprint density at radius 1 is 1.07 bits per heavy atom. The summed E-state index contributed by atoms with van der Waals surface area (Å²) in [6.45, 7) is 1.81. The molecule has 1 saturated heterocycles. The Bertz CT molecular complexity index is 1080. The van der Waals surface area contributed by atoms with Gasteiger partial charge in [0.05, 0.1) is 6.42 Å². The predicted octanol–water partition coefficient (Wildman–Crippen LogP) is 0.987. The lowest BCUT2D eigenvalue weighted by Gasteiger charge is -2.32. The number of hydrogen-bond acceptors (Lipinski definition) is 8. The summed E-state index contributed by atoms with van der Waals surface area (Å²) in [5.74, 6) is -4.53. The van der Waals surface area contributed by atoms with Gasteiger partial charge < -0.3 is 40.5 Å². The molecule has 0 saturated carbocycles. The molecule has 1 aromatic rings. The highest BCUT2D eigenvalue weighted by Crippen LogP contribution is 2.20. The average molecular weight is 579 g/mol. The minimum atomic E-state index is -1.92. The Balaban J connectivity index is 1.98. The molecule has 0 unspecified atom stereocenters. The van der Waals surface area contributed by atoms with Gasteiger partial charge >= 0.3 is 18.0 Å². The van der Waals surface area contributed by atoms with Crippen molar-refractivity contribution in [2.75, 3.05) is 20.2 Å². The maximum atomic E-state index is 13.4. The first-order valence-electron chi connectivity index (χ1n) is 13.3. The number of carbonyl (C=O) groups excluding carboxylic acids is 4. The highest BCUT2D eigenvalue weighted by molar-refractivity contribution is 5.95. The van der Waals surface area contributed by atoms with Crippen molar-refractivity contribution in [1.82, 2.24) is 20.9 Å². The van der Waals surface area contributed by atoms with E-state index in [1.54, 1.807) is 0 Å². The van der Waals surface area contributed by atoms with Crippen molar-refractivity contribution in [1.29, 1.82) is 0 Å². The minimum absolute atomic E-state index is 0.112. The van der Waals surface area contributed by atoms with E-state index in [1.165, 1.54) is 11.8 Å². The van der Waals surface area contributed by atoms with Crippen LogP contribution < -0.4 is 16.0 Å². The Labute approximate surface area is 237 Å². The zero-order valence-electron chi connectivity index (χ0n) is 23.2. The molecular weight excluding hydrogens is 540 g/mol. The molecule has 5 N–H and O–H groups in total. The van der Waals surface area contributed by atoms with Crippen molar-refractivity contribution in [2.24, 2.45) is 0 Å². The lowest BCUT2D eigenvalue weighted by molar-refractivity contribution is -0.155. The molecule has 226 valence electrons. The van der Waals surface area contributed by atoms with Crippen molar-refractivity contribution in [2.45, 2.75) is 76.3 Å². The van der Waals surface area contributed by atoms with Crippen LogP contribution in [0.15, 0.2) is 30.3 Å². The summed E-state index contributed by atoms with van der Waals surface area (Å²) in [7, 11) is 1.16. The number of unbranched alkanes of at least 4 members (excludes halogenated alkanes) is 1. The van der Waals surface area contributed by atoms with Crippen molar-refractivity contribution >= 4 is 35.8 Å². The fourth-order valence-electron chi connectivity index (χ4n) is 4.23. The first kappa shape index (κ1) is 33.0. The molecule has 1 aliphatic rings. The van der Waals surface area contributed by atoms with E-state index in [2.05, 4.69) is 16.0 Å². The van der Waals surface area contributed by atoms with Gasteiger partial charge in [-0.3, -0.25) is 19.2 Å². The lowest BCUT2D eigenvalue weighted by Crippen LogP contribution is -2.62. The highest BCUT2D eigenvalue weighted by Gasteiger charge is 2.41. The first-order chi connectivity index (χ1) is 19.5. The van der Waals surface area contributed by atoms with Crippen LogP contribution >= 0.6 is 0 Å². The van der Waals surface area contributed by atoms with Crippen LogP contribution in [0.3, 0.4) is 0 Å². The largest absolute Gasteiger partial charge is 0.481 e. The van der Waals surface area contributed by atoms with Gasteiger partial charge in [0, 0.05) is 26.6 Å². The number of aliphatic carboxylic acids is 2. The van der Waals surface area contributed by atoms with Crippen LogP contribution in [-0.4, -0.2) is 88.9 Å². The average Bonchev–Trinajstić information content (AvgIpc) is 3.44. The van der Waals surface area contributed by atoms with Gasteiger partial charge in [-0.2, -0.15) is 0 Å². The maximum absolute atomic E-state index is 13.4. The van der Waals surface area contributed by atoms with Crippen LogP contribution in [0.25, 0.3) is 0 Å². The number of nitrogens with zero attached hydrogens (tertiary/aromatic N) is 1. The van der Waals surface area contributed by atoms with Gasteiger partial charge in [0.15, 0.2) is 0 Å². The number of amides is 4. The van der Waals surface area contributed by atoms with Crippen molar-refractivity contribution in [3.8, 4) is 0 Å². The Kier molecular flexibility index (Phi) is 13.0. The van der Waals surface area contributed by atoms with Crippen molar-refractivity contribution < 1.29 is 48.5 Å². The van der Waals surface area contributed by atoms with E-state index in [1.807, 2.05) is 30.3 Å². The van der Waals surface area contributed by atoms with Gasteiger partial charge in [-0.15, -0.1) is 0 Å². The molecule has 1 fully saturated rings. The van der Waals surface area contributed by atoms with E-state index < -0.39 is 66.4 Å². The second-order valence-corrected chi connectivity index (χ2v) is 9.72. The van der Waals surface area contributed by atoms with E-state index in [0.717, 1.165) is 12.7 Å². The number of alkyl carbamates (subject to hydrolysis) is 1. The third kappa shape index (κ3) is 10.7. The molecule has 3 atom stereocenters. The molecule has 41 heavy (non-hydrogen) atoms. The SMILES string of the molecule is CO[C@@](C)(NC(=O)CCC(=O)O)C(=O)N[C@@H](CCCCNC(=O)OCc1ccccc1)C(=O)N1CCC[C@H]1C(=O)O. The fourth-order valence-corrected chi connectivity index (χ4v) is 4.23. The summed E-state index contributed by atoms with van der Waals surface area (Å²) >= 11 is 0. The molecule has 1 heterocycles. The van der Waals surface area contributed by atoms with Crippen LogP contribution in [0.4, 0.5) is 4.79 Å². The number of rotatable bonds is 16. The highest BCUT2D eigenvalue weighted by atomic mass is 16.5. The lowest BCUT2D eigenvalue weighted by atomic mass is 10.1. The molecule has 0 aliphatic carbocycles. The quantitative estimate of drug-likeness (QED) is 0.139. The van der Waals surface area contributed by atoms with E-state index in [0.29, 0.717) is 19.3 Å². The number of hydrogen-bond donors (Lipinski definition) is 5. The summed E-state index contributed by atoms with van der Waals surface area (Å²) < 4.78 is 10.4. The van der Waals surface area contributed by atoms with E-state index in [-0.39, 0.29) is 32.5 Å². The Morgan fingerprint density at radius 2 is 1.78 bits per heavy atom. The van der Waals surface area contributed by atoms with Gasteiger partial charge in [0.2, 0.25) is 17.5 Å². The minimum Gasteiger partial charge on any atom is -0.481 e. The number of likely N-dealkylation sites (tertiary alicyclic amines) is 1. The summed E-state index contributed by atoms with van der Waals surface area (Å²) in [6.07, 6.45) is 0.241. The van der Waals surface area contributed by atoms with Gasteiger partial charge in [-0.05, 0) is 44.6 Å². The van der Waals surface area contributed by atoms with E-state index in [4.69, 9.17) is 14.6 Å². The summed E-state index contributed by atoms with van der Waals surface area (Å²) in [4.78, 5) is 74.3. The molecule has 0 spiro atoms. The van der Waals surface area contributed by atoms with Crippen LogP contribution in [-0.2, 0) is 40.1 Å². The number of ether oxygens (including phenoxy) is 2. The monoisotopic (exact) mass is 578 g/mol. The molecule has 4 amide bonds. The second kappa shape index (κ2) is 16.2. The van der Waals surface area contributed by atoms with Crippen molar-refractivity contribution in [3.63, 3.8) is 0 Å². The van der Waals surface area contributed by atoms with Crippen LogP contribution in [0.5, 0.6) is 0 Å². The summed E-state index contributed by atoms with van der Waals surface area (Å²) in [6, 6.07) is 7.00. The fraction of sp³-hybridized carbons (Fsp3) is 0.556. The molecule has 0 radical (unpaired) electrons. The van der Waals surface area contributed by atoms with Gasteiger partial charge in [-0.1, -0.05) is 30.3 Å². The van der Waals surface area contributed by atoms with E-state index in [9.17, 15) is 33.9 Å². The smallest absolute Gasteiger partial charge is 0.407 e. The summed E-state index contributed by atoms with van der Waals surface area (Å²) in [5.41, 5.74) is -1.09. The molecule has 2 rings (SSSR count). The van der Waals surface area contributed by atoms with Gasteiger partial charge in [0.1, 0.15) is 18.7 Å². The van der Waals surface area contributed by atoms with Crippen LogP contribution in [0, 0.1) is 0 Å². The second-order valence-electron chi connectivity index (χ2n) is 9.72. The Morgan fingerprint density at radius 3 is 2.41 bits per heavy atom. The Hall–Kier alpha value is -4.20. The normalized spacial score (nSPS) is 16.6. The third-order valence-corrected chi connectivity index (χ3v) is 6.61. The number of carbonyl (C=O) groups is 6. The third-order valence-electron chi connectivity index (χ3n) is 6.61. The maximum Gasteiger partial charge on any atom is 0.407 e. The molecule has 1 aliphatic heterocycles. The van der Waals surface area contributed by atoms with E-state index >= 15 is 0 Å². The molecule has 0 bridgehead atoms. The number of methoxy groups -OCH3 is 1. The number of nitrogens with one attached hydrogen (secondary N) is 3. The zero-order valence-corrected chi connectivity index (χ0v) is 23.2. The first-order valence-corrected chi connectivity index (χ1v) is 13.3. The van der Waals surface area contributed by atoms with Gasteiger partial charge in [0.25, 0.3) is 5.91 Å². The van der Waals surface area contributed by atoms with Crippen LogP contribution in [0.2, 0.25) is 0 Å².